The summed E-state index contributed by atoms with van der Waals surface area (Å²) in [6.07, 6.45) is 4.30. The molecule has 0 amide bonds. The zero-order valence-electron chi connectivity index (χ0n) is 15.4. The summed E-state index contributed by atoms with van der Waals surface area (Å²) in [5.41, 5.74) is 1.31. The fourth-order valence-electron chi connectivity index (χ4n) is 2.36. The smallest absolute Gasteiger partial charge is 0.266 e. The van der Waals surface area contributed by atoms with E-state index in [1.807, 2.05) is 24.6 Å². The molecule has 0 radical (unpaired) electrons. The van der Waals surface area contributed by atoms with E-state index in [1.54, 1.807) is 26.4 Å². The van der Waals surface area contributed by atoms with E-state index in [-0.39, 0.29) is 5.56 Å². The highest BCUT2D eigenvalue weighted by atomic mass is 32.2. The number of amidine groups is 1. The lowest BCUT2D eigenvalue weighted by Gasteiger charge is -2.10. The van der Waals surface area contributed by atoms with E-state index < -0.39 is 0 Å². The lowest BCUT2D eigenvalue weighted by atomic mass is 10.1. The third-order valence-corrected chi connectivity index (χ3v) is 4.30. The van der Waals surface area contributed by atoms with Gasteiger partial charge in [0, 0.05) is 24.7 Å². The van der Waals surface area contributed by atoms with Gasteiger partial charge in [0.2, 0.25) is 0 Å². The molecular formula is C18H21N5O3S. The Morgan fingerprint density at radius 2 is 2.07 bits per heavy atom. The maximum atomic E-state index is 12.1. The first kappa shape index (κ1) is 20.3. The molecule has 0 aliphatic carbocycles. The van der Waals surface area contributed by atoms with Crippen molar-refractivity contribution in [3.05, 3.63) is 40.7 Å². The number of thioether (sulfide) groups is 1. The highest BCUT2D eigenvalue weighted by Gasteiger charge is 2.09. The van der Waals surface area contributed by atoms with Gasteiger partial charge in [0.1, 0.15) is 0 Å². The fraction of sp³-hybridized carbons (Fsp3) is 0.333. The molecule has 0 aliphatic rings. The highest BCUT2D eigenvalue weighted by Crippen LogP contribution is 2.31. The standard InChI is InChI=1S/C18H21N5O3S/c1-25-15-7-5-13(11-16(15)26-2)14-6-8-17(24)23(22-14)10-4-9-20-18(27-3)21-12-19/h5-8,11H,4,9-10H2,1-3H3,(H,20,21). The summed E-state index contributed by atoms with van der Waals surface area (Å²) in [7, 11) is 3.15. The van der Waals surface area contributed by atoms with Crippen LogP contribution in [0, 0.1) is 11.5 Å². The van der Waals surface area contributed by atoms with Crippen molar-refractivity contribution in [2.24, 2.45) is 4.99 Å². The normalized spacial score (nSPS) is 11.0. The van der Waals surface area contributed by atoms with E-state index in [0.29, 0.717) is 41.9 Å². The van der Waals surface area contributed by atoms with Crippen molar-refractivity contribution >= 4 is 16.9 Å². The maximum absolute atomic E-state index is 12.1. The monoisotopic (exact) mass is 387 g/mol. The van der Waals surface area contributed by atoms with E-state index in [2.05, 4.69) is 15.4 Å². The molecule has 0 bridgehead atoms. The Kier molecular flexibility index (Phi) is 7.70. The van der Waals surface area contributed by atoms with Crippen LogP contribution in [0.15, 0.2) is 40.1 Å². The molecule has 0 atom stereocenters. The quantitative estimate of drug-likeness (QED) is 0.255. The van der Waals surface area contributed by atoms with Crippen molar-refractivity contribution in [3.8, 4) is 28.9 Å². The van der Waals surface area contributed by atoms with E-state index in [1.165, 1.54) is 22.5 Å². The van der Waals surface area contributed by atoms with Crippen LogP contribution in [0.4, 0.5) is 0 Å². The average Bonchev–Trinajstić information content (AvgIpc) is 2.70. The van der Waals surface area contributed by atoms with Crippen molar-refractivity contribution in [2.45, 2.75) is 13.0 Å². The molecule has 1 aromatic carbocycles. The van der Waals surface area contributed by atoms with E-state index in [9.17, 15) is 4.79 Å². The van der Waals surface area contributed by atoms with Crippen molar-refractivity contribution in [1.29, 1.82) is 5.26 Å². The minimum absolute atomic E-state index is 0.177. The third-order valence-electron chi connectivity index (χ3n) is 3.69. The molecule has 0 saturated carbocycles. The maximum Gasteiger partial charge on any atom is 0.266 e. The van der Waals surface area contributed by atoms with Gasteiger partial charge in [0.25, 0.3) is 5.56 Å². The SMILES string of the molecule is COc1ccc(-c2ccc(=O)n(CCCN=C(NC#N)SC)n2)cc1OC. The lowest BCUT2D eigenvalue weighted by Crippen LogP contribution is -2.23. The van der Waals surface area contributed by atoms with Crippen molar-refractivity contribution < 1.29 is 9.47 Å². The number of aromatic nitrogens is 2. The van der Waals surface area contributed by atoms with Crippen LogP contribution in [-0.2, 0) is 6.54 Å². The molecular weight excluding hydrogens is 366 g/mol. The summed E-state index contributed by atoms with van der Waals surface area (Å²) < 4.78 is 12.0. The molecule has 1 N–H and O–H groups in total. The van der Waals surface area contributed by atoms with Crippen molar-refractivity contribution in [2.75, 3.05) is 27.0 Å². The molecule has 0 spiro atoms. The van der Waals surface area contributed by atoms with Gasteiger partial charge in [0.15, 0.2) is 22.9 Å². The Morgan fingerprint density at radius 3 is 2.74 bits per heavy atom. The van der Waals surface area contributed by atoms with Crippen LogP contribution in [-0.4, -0.2) is 42.0 Å². The molecule has 0 aliphatic heterocycles. The molecule has 0 unspecified atom stereocenters. The van der Waals surface area contributed by atoms with E-state index >= 15 is 0 Å². The number of aliphatic imine (C=N–C) groups is 1. The second-order valence-corrected chi connectivity index (χ2v) is 6.13. The number of hydrogen-bond acceptors (Lipinski definition) is 7. The topological polar surface area (TPSA) is 102 Å². The van der Waals surface area contributed by atoms with E-state index in [0.717, 1.165) is 5.56 Å². The first-order valence-corrected chi connectivity index (χ1v) is 9.39. The van der Waals surface area contributed by atoms with Gasteiger partial charge >= 0.3 is 0 Å². The second-order valence-electron chi connectivity index (χ2n) is 5.33. The number of hydrogen-bond donors (Lipinski definition) is 1. The summed E-state index contributed by atoms with van der Waals surface area (Å²) in [4.78, 5) is 16.3. The molecule has 0 saturated heterocycles. The van der Waals surface area contributed by atoms with Crippen LogP contribution < -0.4 is 20.3 Å². The zero-order valence-corrected chi connectivity index (χ0v) is 16.2. The summed E-state index contributed by atoms with van der Waals surface area (Å²) in [6, 6.07) is 8.65. The number of ether oxygens (including phenoxy) is 2. The Labute approximate surface area is 161 Å². The van der Waals surface area contributed by atoms with Gasteiger partial charge < -0.3 is 9.47 Å². The molecule has 8 nitrogen and oxygen atoms in total. The Bertz CT molecular complexity index is 905. The first-order valence-electron chi connectivity index (χ1n) is 8.17. The van der Waals surface area contributed by atoms with E-state index in [4.69, 9.17) is 14.7 Å². The number of nitrogens with zero attached hydrogens (tertiary/aromatic N) is 4. The molecule has 142 valence electrons. The van der Waals surface area contributed by atoms with Crippen LogP contribution in [0.3, 0.4) is 0 Å². The fourth-order valence-corrected chi connectivity index (χ4v) is 2.73. The molecule has 0 fully saturated rings. The number of nitriles is 1. The largest absolute Gasteiger partial charge is 0.493 e. The average molecular weight is 387 g/mol. The summed E-state index contributed by atoms with van der Waals surface area (Å²) in [6.45, 7) is 0.914. The van der Waals surface area contributed by atoms with Gasteiger partial charge in [0.05, 0.1) is 19.9 Å². The molecule has 2 rings (SSSR count). The van der Waals surface area contributed by atoms with Crippen LogP contribution in [0.1, 0.15) is 6.42 Å². The predicted molar refractivity (Wildman–Crippen MR) is 106 cm³/mol. The first-order chi connectivity index (χ1) is 13.1. The molecule has 2 aromatic rings. The van der Waals surface area contributed by atoms with Gasteiger partial charge in [-0.25, -0.2) is 4.68 Å². The summed E-state index contributed by atoms with van der Waals surface area (Å²) in [5.74, 6) is 1.22. The van der Waals surface area contributed by atoms with Crippen molar-refractivity contribution in [3.63, 3.8) is 0 Å². The molecule has 1 aromatic heterocycles. The molecule has 27 heavy (non-hydrogen) atoms. The summed E-state index contributed by atoms with van der Waals surface area (Å²) >= 11 is 1.36. The Balaban J connectivity index is 2.15. The zero-order chi connectivity index (χ0) is 19.6. The van der Waals surface area contributed by atoms with Gasteiger partial charge in [-0.15, -0.1) is 0 Å². The number of nitrogens with one attached hydrogen (secondary N) is 1. The molecule has 1 heterocycles. The van der Waals surface area contributed by atoms with Crippen molar-refractivity contribution in [1.82, 2.24) is 15.1 Å². The predicted octanol–water partition coefficient (Wildman–Crippen LogP) is 2.11. The molecule has 9 heteroatoms. The minimum atomic E-state index is -0.177. The van der Waals surface area contributed by atoms with Crippen LogP contribution in [0.5, 0.6) is 11.5 Å². The number of aryl methyl sites for hydroxylation is 1. The second kappa shape index (κ2) is 10.2. The third kappa shape index (κ3) is 5.49. The highest BCUT2D eigenvalue weighted by molar-refractivity contribution is 8.13. The van der Waals surface area contributed by atoms with Crippen LogP contribution in [0.2, 0.25) is 0 Å². The number of benzene rings is 1. The Morgan fingerprint density at radius 1 is 1.30 bits per heavy atom. The van der Waals surface area contributed by atoms with Crippen LogP contribution in [0.25, 0.3) is 11.3 Å². The number of methoxy groups -OCH3 is 2. The van der Waals surface area contributed by atoms with Gasteiger partial charge in [-0.1, -0.05) is 11.8 Å². The van der Waals surface area contributed by atoms with Gasteiger partial charge in [-0.2, -0.15) is 10.4 Å². The summed E-state index contributed by atoms with van der Waals surface area (Å²) in [5, 5.41) is 16.1. The minimum Gasteiger partial charge on any atom is -0.493 e. The van der Waals surface area contributed by atoms with Gasteiger partial charge in [-0.05, 0) is 36.9 Å². The van der Waals surface area contributed by atoms with Gasteiger partial charge in [-0.3, -0.25) is 15.1 Å². The number of rotatable bonds is 7. The van der Waals surface area contributed by atoms with Crippen LogP contribution >= 0.6 is 11.8 Å². The lowest BCUT2D eigenvalue weighted by molar-refractivity contribution is 0.355. The Hall–Kier alpha value is -2.99.